The van der Waals surface area contributed by atoms with Crippen molar-refractivity contribution in [1.82, 2.24) is 19.4 Å². The highest BCUT2D eigenvalue weighted by Gasteiger charge is 2.29. The molecule has 0 amide bonds. The van der Waals surface area contributed by atoms with Gasteiger partial charge in [-0.25, -0.2) is 4.98 Å². The van der Waals surface area contributed by atoms with E-state index in [4.69, 9.17) is 5.73 Å². The van der Waals surface area contributed by atoms with Crippen molar-refractivity contribution < 1.29 is 0 Å². The van der Waals surface area contributed by atoms with Gasteiger partial charge in [-0.15, -0.1) is 0 Å². The minimum absolute atomic E-state index is 0.295. The molecule has 2 N–H and O–H groups in total. The van der Waals surface area contributed by atoms with Crippen molar-refractivity contribution in [3.05, 3.63) is 18.2 Å². The van der Waals surface area contributed by atoms with Gasteiger partial charge in [0, 0.05) is 45.0 Å². The summed E-state index contributed by atoms with van der Waals surface area (Å²) in [5.74, 6) is 0. The molecule has 1 fully saturated rings. The van der Waals surface area contributed by atoms with Gasteiger partial charge in [0.2, 0.25) is 0 Å². The number of likely N-dealkylation sites (N-methyl/N-ethyl adjacent to an activating group) is 1. The van der Waals surface area contributed by atoms with E-state index >= 15 is 0 Å². The predicted octanol–water partition coefficient (Wildman–Crippen LogP) is 0.929. The zero-order valence-electron chi connectivity index (χ0n) is 12.4. The minimum atomic E-state index is 0.295. The lowest BCUT2D eigenvalue weighted by Crippen LogP contribution is -2.53. The summed E-state index contributed by atoms with van der Waals surface area (Å²) in [6.07, 6.45) is 3.88. The first kappa shape index (κ1) is 14.5. The van der Waals surface area contributed by atoms with Crippen molar-refractivity contribution in [2.24, 2.45) is 5.73 Å². The second-order valence-corrected chi connectivity index (χ2v) is 5.33. The molecule has 0 saturated carbocycles. The molecule has 5 heteroatoms. The number of aromatic nitrogens is 2. The van der Waals surface area contributed by atoms with Crippen LogP contribution >= 0.6 is 0 Å². The Kier molecular flexibility index (Phi) is 4.96. The van der Waals surface area contributed by atoms with Crippen molar-refractivity contribution in [2.75, 3.05) is 32.7 Å². The van der Waals surface area contributed by atoms with Crippen LogP contribution in [0.5, 0.6) is 0 Å². The summed E-state index contributed by atoms with van der Waals surface area (Å²) in [4.78, 5) is 9.32. The van der Waals surface area contributed by atoms with Crippen LogP contribution in [0.2, 0.25) is 0 Å². The number of nitrogens with two attached hydrogens (primary N) is 1. The highest BCUT2D eigenvalue weighted by molar-refractivity contribution is 5.07. The number of imidazole rings is 1. The largest absolute Gasteiger partial charge is 0.333 e. The summed E-state index contributed by atoms with van der Waals surface area (Å²) >= 11 is 0. The number of piperazine rings is 1. The Hall–Kier alpha value is -0.910. The smallest absolute Gasteiger partial charge is 0.0948 e. The standard InChI is InChI=1S/C14H27N5/c1-4-17-6-7-19(10-12(17)3)13(8-15)14-9-16-11-18(14)5-2/h9,11-13H,4-8,10,15H2,1-3H3. The highest BCUT2D eigenvalue weighted by atomic mass is 15.3. The molecule has 0 aliphatic carbocycles. The molecule has 2 rings (SSSR count). The Morgan fingerprint density at radius 3 is 2.74 bits per heavy atom. The van der Waals surface area contributed by atoms with Crippen LogP contribution in [0.25, 0.3) is 0 Å². The maximum atomic E-state index is 6.03. The van der Waals surface area contributed by atoms with E-state index in [-0.39, 0.29) is 0 Å². The molecule has 0 spiro atoms. The third kappa shape index (κ3) is 2.99. The van der Waals surface area contributed by atoms with Crippen LogP contribution in [0.4, 0.5) is 0 Å². The van der Waals surface area contributed by atoms with E-state index in [1.807, 2.05) is 12.5 Å². The average Bonchev–Trinajstić information content (AvgIpc) is 2.88. The Bertz CT molecular complexity index is 389. The Morgan fingerprint density at radius 1 is 1.37 bits per heavy atom. The van der Waals surface area contributed by atoms with Crippen molar-refractivity contribution in [3.63, 3.8) is 0 Å². The highest BCUT2D eigenvalue weighted by Crippen LogP contribution is 2.23. The molecule has 1 aromatic heterocycles. The van der Waals surface area contributed by atoms with E-state index in [0.717, 1.165) is 32.7 Å². The van der Waals surface area contributed by atoms with Gasteiger partial charge in [-0.3, -0.25) is 9.80 Å². The topological polar surface area (TPSA) is 50.3 Å². The fourth-order valence-electron chi connectivity index (χ4n) is 3.11. The maximum Gasteiger partial charge on any atom is 0.0948 e. The van der Waals surface area contributed by atoms with Gasteiger partial charge < -0.3 is 10.3 Å². The van der Waals surface area contributed by atoms with Crippen LogP contribution in [0.15, 0.2) is 12.5 Å². The summed E-state index contributed by atoms with van der Waals surface area (Å²) in [5, 5.41) is 0. The minimum Gasteiger partial charge on any atom is -0.333 e. The van der Waals surface area contributed by atoms with E-state index in [1.165, 1.54) is 5.69 Å². The lowest BCUT2D eigenvalue weighted by atomic mass is 10.1. The third-order valence-electron chi connectivity index (χ3n) is 4.29. The Labute approximate surface area is 116 Å². The van der Waals surface area contributed by atoms with Crippen LogP contribution < -0.4 is 5.73 Å². The van der Waals surface area contributed by atoms with E-state index in [9.17, 15) is 0 Å². The van der Waals surface area contributed by atoms with Gasteiger partial charge in [0.15, 0.2) is 0 Å². The first-order chi connectivity index (χ1) is 9.21. The van der Waals surface area contributed by atoms with Crippen LogP contribution in [-0.2, 0) is 6.54 Å². The molecular weight excluding hydrogens is 238 g/mol. The van der Waals surface area contributed by atoms with Gasteiger partial charge in [-0.1, -0.05) is 6.92 Å². The van der Waals surface area contributed by atoms with Crippen molar-refractivity contribution in [1.29, 1.82) is 0 Å². The van der Waals surface area contributed by atoms with Crippen LogP contribution in [0, 0.1) is 0 Å². The molecule has 1 aliphatic rings. The number of hydrogen-bond acceptors (Lipinski definition) is 4. The van der Waals surface area contributed by atoms with Crippen molar-refractivity contribution in [3.8, 4) is 0 Å². The molecule has 0 radical (unpaired) electrons. The average molecular weight is 265 g/mol. The molecule has 2 atom stereocenters. The molecule has 1 aliphatic heterocycles. The van der Waals surface area contributed by atoms with Gasteiger partial charge in [0.25, 0.3) is 0 Å². The van der Waals surface area contributed by atoms with Crippen molar-refractivity contribution in [2.45, 2.75) is 39.4 Å². The van der Waals surface area contributed by atoms with E-state index < -0.39 is 0 Å². The summed E-state index contributed by atoms with van der Waals surface area (Å²) in [6, 6.07) is 0.898. The number of aryl methyl sites for hydroxylation is 1. The normalized spacial score (nSPS) is 23.7. The molecule has 0 bridgehead atoms. The van der Waals surface area contributed by atoms with Gasteiger partial charge >= 0.3 is 0 Å². The second-order valence-electron chi connectivity index (χ2n) is 5.33. The summed E-state index contributed by atoms with van der Waals surface area (Å²) in [7, 11) is 0. The fourth-order valence-corrected chi connectivity index (χ4v) is 3.11. The predicted molar refractivity (Wildman–Crippen MR) is 78.0 cm³/mol. The molecular formula is C14H27N5. The molecule has 1 aromatic rings. The van der Waals surface area contributed by atoms with E-state index in [2.05, 4.69) is 40.1 Å². The number of rotatable bonds is 5. The van der Waals surface area contributed by atoms with Gasteiger partial charge in [-0.2, -0.15) is 0 Å². The SMILES string of the molecule is CCN1CCN(C(CN)c2cncn2CC)CC1C. The summed E-state index contributed by atoms with van der Waals surface area (Å²) in [5.41, 5.74) is 7.29. The Balaban J connectivity index is 2.11. The quantitative estimate of drug-likeness (QED) is 0.860. The lowest BCUT2D eigenvalue weighted by Gasteiger charge is -2.42. The van der Waals surface area contributed by atoms with Gasteiger partial charge in [-0.05, 0) is 20.4 Å². The molecule has 1 saturated heterocycles. The maximum absolute atomic E-state index is 6.03. The monoisotopic (exact) mass is 265 g/mol. The summed E-state index contributed by atoms with van der Waals surface area (Å²) in [6.45, 7) is 12.7. The number of hydrogen-bond donors (Lipinski definition) is 1. The van der Waals surface area contributed by atoms with E-state index in [1.54, 1.807) is 0 Å². The fraction of sp³-hybridized carbons (Fsp3) is 0.786. The van der Waals surface area contributed by atoms with E-state index in [0.29, 0.717) is 18.6 Å². The molecule has 2 heterocycles. The van der Waals surface area contributed by atoms with Crippen molar-refractivity contribution >= 4 is 0 Å². The number of nitrogens with zero attached hydrogens (tertiary/aromatic N) is 4. The third-order valence-corrected chi connectivity index (χ3v) is 4.29. The molecule has 2 unspecified atom stereocenters. The molecule has 19 heavy (non-hydrogen) atoms. The first-order valence-electron chi connectivity index (χ1n) is 7.39. The zero-order valence-corrected chi connectivity index (χ0v) is 12.4. The lowest BCUT2D eigenvalue weighted by molar-refractivity contribution is 0.0584. The first-order valence-corrected chi connectivity index (χ1v) is 7.39. The van der Waals surface area contributed by atoms with Gasteiger partial charge in [0.1, 0.15) is 0 Å². The second kappa shape index (κ2) is 6.50. The summed E-state index contributed by atoms with van der Waals surface area (Å²) < 4.78 is 2.20. The molecule has 108 valence electrons. The Morgan fingerprint density at radius 2 is 2.16 bits per heavy atom. The van der Waals surface area contributed by atoms with Gasteiger partial charge in [0.05, 0.1) is 18.1 Å². The zero-order chi connectivity index (χ0) is 13.8. The molecule has 0 aromatic carbocycles. The van der Waals surface area contributed by atoms with Crippen LogP contribution in [0.1, 0.15) is 32.5 Å². The molecule has 5 nitrogen and oxygen atoms in total. The van der Waals surface area contributed by atoms with Crippen LogP contribution in [-0.4, -0.2) is 58.1 Å². The van der Waals surface area contributed by atoms with Crippen LogP contribution in [0.3, 0.4) is 0 Å².